The molecule has 1 nitrogen and oxygen atoms in total. The summed E-state index contributed by atoms with van der Waals surface area (Å²) in [6, 6.07) is 0. The Balaban J connectivity index is 3.13. The highest BCUT2D eigenvalue weighted by molar-refractivity contribution is 4.61. The molecule has 62 valence electrons. The number of hydrogen-bond acceptors (Lipinski definition) is 1. The number of rotatable bonds is 5. The van der Waals surface area contributed by atoms with Crippen molar-refractivity contribution in [2.24, 2.45) is 0 Å². The van der Waals surface area contributed by atoms with Crippen LogP contribution in [-0.2, 0) is 0 Å². The average Bonchev–Trinajstić information content (AvgIpc) is 1.88. The van der Waals surface area contributed by atoms with Crippen molar-refractivity contribution in [3.63, 3.8) is 0 Å². The van der Waals surface area contributed by atoms with E-state index in [0.29, 0.717) is 6.42 Å². The third-order valence-electron chi connectivity index (χ3n) is 1.61. The fraction of sp³-hybridized carbons (Fsp3) is 1.00. The van der Waals surface area contributed by atoms with Gasteiger partial charge in [-0.05, 0) is 13.3 Å². The molecule has 2 heteroatoms. The largest absolute Gasteiger partial charge is 0.390 e. The van der Waals surface area contributed by atoms with Gasteiger partial charge in [0.1, 0.15) is 6.17 Å². The van der Waals surface area contributed by atoms with Crippen LogP contribution in [0.5, 0.6) is 0 Å². The number of alkyl halides is 1. The van der Waals surface area contributed by atoms with Crippen LogP contribution in [0.25, 0.3) is 0 Å². The van der Waals surface area contributed by atoms with Gasteiger partial charge < -0.3 is 5.11 Å². The predicted octanol–water partition coefficient (Wildman–Crippen LogP) is 2.29. The van der Waals surface area contributed by atoms with Gasteiger partial charge in [-0.25, -0.2) is 4.39 Å². The summed E-state index contributed by atoms with van der Waals surface area (Å²) < 4.78 is 12.6. The summed E-state index contributed by atoms with van der Waals surface area (Å²) in [6.07, 6.45) is 1.75. The maximum absolute atomic E-state index is 12.6. The molecular formula is C8H17FO. The van der Waals surface area contributed by atoms with Crippen LogP contribution in [0.15, 0.2) is 0 Å². The van der Waals surface area contributed by atoms with Crippen molar-refractivity contribution >= 4 is 0 Å². The molecule has 0 saturated heterocycles. The molecule has 0 rings (SSSR count). The van der Waals surface area contributed by atoms with E-state index in [1.54, 1.807) is 0 Å². The third-order valence-corrected chi connectivity index (χ3v) is 1.61. The summed E-state index contributed by atoms with van der Waals surface area (Å²) in [7, 11) is 0. The second kappa shape index (κ2) is 5.66. The molecule has 0 radical (unpaired) electrons. The average molecular weight is 148 g/mol. The minimum absolute atomic E-state index is 0.505. The van der Waals surface area contributed by atoms with Crippen LogP contribution in [0.2, 0.25) is 0 Å². The summed E-state index contributed by atoms with van der Waals surface area (Å²) in [5.41, 5.74) is 0. The molecule has 0 aliphatic rings. The van der Waals surface area contributed by atoms with Crippen LogP contribution in [-0.4, -0.2) is 17.4 Å². The fourth-order valence-corrected chi connectivity index (χ4v) is 0.831. The Morgan fingerprint density at radius 1 is 1.40 bits per heavy atom. The van der Waals surface area contributed by atoms with Crippen molar-refractivity contribution in [2.75, 3.05) is 0 Å². The number of halogens is 1. The Kier molecular flexibility index (Phi) is 5.60. The second-order valence-corrected chi connectivity index (χ2v) is 2.75. The highest BCUT2D eigenvalue weighted by atomic mass is 19.1. The van der Waals surface area contributed by atoms with Crippen molar-refractivity contribution in [3.05, 3.63) is 0 Å². The zero-order chi connectivity index (χ0) is 7.98. The Morgan fingerprint density at radius 2 is 2.00 bits per heavy atom. The van der Waals surface area contributed by atoms with Crippen molar-refractivity contribution in [2.45, 2.75) is 51.8 Å². The highest BCUT2D eigenvalue weighted by Gasteiger charge is 2.11. The normalized spacial score (nSPS) is 16.8. The number of aliphatic hydroxyl groups is 1. The summed E-state index contributed by atoms with van der Waals surface area (Å²) in [5.74, 6) is 0. The summed E-state index contributed by atoms with van der Waals surface area (Å²) in [5, 5.41) is 8.75. The molecule has 0 heterocycles. The van der Waals surface area contributed by atoms with E-state index < -0.39 is 12.3 Å². The second-order valence-electron chi connectivity index (χ2n) is 2.75. The lowest BCUT2D eigenvalue weighted by molar-refractivity contribution is 0.0860. The first kappa shape index (κ1) is 9.89. The molecule has 0 fully saturated rings. The quantitative estimate of drug-likeness (QED) is 0.593. The molecule has 0 amide bonds. The van der Waals surface area contributed by atoms with Crippen molar-refractivity contribution < 1.29 is 9.50 Å². The molecule has 0 aliphatic heterocycles. The smallest absolute Gasteiger partial charge is 0.126 e. The van der Waals surface area contributed by atoms with E-state index in [9.17, 15) is 4.39 Å². The first-order chi connectivity index (χ1) is 4.68. The van der Waals surface area contributed by atoms with Crippen molar-refractivity contribution in [3.8, 4) is 0 Å². The van der Waals surface area contributed by atoms with Gasteiger partial charge in [0.25, 0.3) is 0 Å². The molecule has 10 heavy (non-hydrogen) atoms. The van der Waals surface area contributed by atoms with Gasteiger partial charge in [-0.1, -0.05) is 26.2 Å². The fourth-order valence-electron chi connectivity index (χ4n) is 0.831. The van der Waals surface area contributed by atoms with Gasteiger partial charge in [0.05, 0.1) is 6.10 Å². The minimum Gasteiger partial charge on any atom is -0.390 e. The molecular weight excluding hydrogens is 131 g/mol. The van der Waals surface area contributed by atoms with E-state index in [-0.39, 0.29) is 0 Å². The van der Waals surface area contributed by atoms with Gasteiger partial charge in [0.15, 0.2) is 0 Å². The van der Waals surface area contributed by atoms with Gasteiger partial charge in [0, 0.05) is 0 Å². The van der Waals surface area contributed by atoms with Crippen LogP contribution in [0.4, 0.5) is 4.39 Å². The zero-order valence-electron chi connectivity index (χ0n) is 6.81. The topological polar surface area (TPSA) is 20.2 Å². The van der Waals surface area contributed by atoms with Gasteiger partial charge in [-0.2, -0.15) is 0 Å². The van der Waals surface area contributed by atoms with Crippen LogP contribution < -0.4 is 0 Å². The van der Waals surface area contributed by atoms with E-state index >= 15 is 0 Å². The van der Waals surface area contributed by atoms with Crippen molar-refractivity contribution in [1.29, 1.82) is 0 Å². The van der Waals surface area contributed by atoms with Gasteiger partial charge >= 0.3 is 0 Å². The van der Waals surface area contributed by atoms with Gasteiger partial charge in [0.2, 0.25) is 0 Å². The molecule has 0 unspecified atom stereocenters. The Morgan fingerprint density at radius 3 is 2.40 bits per heavy atom. The Labute approximate surface area is 62.3 Å². The number of unbranched alkanes of at least 4 members (excludes halogenated alkanes) is 2. The van der Waals surface area contributed by atoms with E-state index in [2.05, 4.69) is 6.92 Å². The molecule has 0 aromatic heterocycles. The lowest BCUT2D eigenvalue weighted by atomic mass is 10.1. The summed E-state index contributed by atoms with van der Waals surface area (Å²) >= 11 is 0. The maximum Gasteiger partial charge on any atom is 0.126 e. The molecule has 1 N–H and O–H groups in total. The predicted molar refractivity (Wildman–Crippen MR) is 40.7 cm³/mol. The highest BCUT2D eigenvalue weighted by Crippen LogP contribution is 2.09. The maximum atomic E-state index is 12.6. The van der Waals surface area contributed by atoms with Crippen LogP contribution in [0.1, 0.15) is 39.5 Å². The minimum atomic E-state index is -1.02. The molecule has 0 saturated carbocycles. The van der Waals surface area contributed by atoms with E-state index in [1.807, 2.05) is 0 Å². The molecule has 0 aromatic carbocycles. The SMILES string of the molecule is CCCCC[C@H](F)[C@@H](C)O. The number of hydrogen-bond donors (Lipinski definition) is 1. The van der Waals surface area contributed by atoms with Crippen LogP contribution in [0, 0.1) is 0 Å². The van der Waals surface area contributed by atoms with E-state index in [0.717, 1.165) is 19.3 Å². The van der Waals surface area contributed by atoms with Crippen molar-refractivity contribution in [1.82, 2.24) is 0 Å². The van der Waals surface area contributed by atoms with E-state index in [4.69, 9.17) is 5.11 Å². The van der Waals surface area contributed by atoms with Crippen LogP contribution in [0.3, 0.4) is 0 Å². The Hall–Kier alpha value is -0.110. The lowest BCUT2D eigenvalue weighted by Crippen LogP contribution is -2.17. The van der Waals surface area contributed by atoms with E-state index in [1.165, 1.54) is 6.92 Å². The summed E-state index contributed by atoms with van der Waals surface area (Å²) in [6.45, 7) is 3.58. The molecule has 0 bridgehead atoms. The number of aliphatic hydroxyl groups excluding tert-OH is 1. The Bertz CT molecular complexity index is 73.7. The molecule has 2 atom stereocenters. The first-order valence-electron chi connectivity index (χ1n) is 4.00. The molecule has 0 aromatic rings. The monoisotopic (exact) mass is 148 g/mol. The van der Waals surface area contributed by atoms with Gasteiger partial charge in [-0.3, -0.25) is 0 Å². The first-order valence-corrected chi connectivity index (χ1v) is 4.00. The van der Waals surface area contributed by atoms with Gasteiger partial charge in [-0.15, -0.1) is 0 Å². The third kappa shape index (κ3) is 4.74. The zero-order valence-corrected chi connectivity index (χ0v) is 6.81. The lowest BCUT2D eigenvalue weighted by Gasteiger charge is -2.09. The van der Waals surface area contributed by atoms with Crippen LogP contribution >= 0.6 is 0 Å². The summed E-state index contributed by atoms with van der Waals surface area (Å²) in [4.78, 5) is 0. The molecule has 0 aliphatic carbocycles. The molecule has 0 spiro atoms. The standard InChI is InChI=1S/C8H17FO/c1-3-4-5-6-8(9)7(2)10/h7-8,10H,3-6H2,1-2H3/t7-,8+/m1/s1.